The molecule has 0 saturated heterocycles. The zero-order chi connectivity index (χ0) is 12.8. The van der Waals surface area contributed by atoms with Gasteiger partial charge in [-0.05, 0) is 18.6 Å². The molecule has 0 saturated carbocycles. The number of anilines is 1. The van der Waals surface area contributed by atoms with Gasteiger partial charge < -0.3 is 10.6 Å². The number of nitrogens with zero attached hydrogens (tertiary/aromatic N) is 3. The Morgan fingerprint density at radius 3 is 2.71 bits per heavy atom. The van der Waals surface area contributed by atoms with Gasteiger partial charge in [0.05, 0.1) is 0 Å². The van der Waals surface area contributed by atoms with Crippen LogP contribution in [0, 0.1) is 5.92 Å². The number of nitrogens with two attached hydrogens (primary N) is 1. The van der Waals surface area contributed by atoms with Crippen molar-refractivity contribution in [1.29, 1.82) is 0 Å². The monoisotopic (exact) mass is 254 g/mol. The third kappa shape index (κ3) is 4.52. The van der Waals surface area contributed by atoms with Crippen LogP contribution in [-0.4, -0.2) is 35.9 Å². The van der Waals surface area contributed by atoms with Crippen LogP contribution in [0.1, 0.15) is 20.3 Å². The zero-order valence-corrected chi connectivity index (χ0v) is 11.9. The molecule has 96 valence electrons. The maximum Gasteiger partial charge on any atom is 0.132 e. The van der Waals surface area contributed by atoms with Crippen molar-refractivity contribution in [2.24, 2.45) is 11.7 Å². The Bertz CT molecular complexity index is 343. The number of hydrogen-bond donors (Lipinski definition) is 1. The summed E-state index contributed by atoms with van der Waals surface area (Å²) in [5, 5.41) is 0.995. The Morgan fingerprint density at radius 2 is 2.12 bits per heavy atom. The van der Waals surface area contributed by atoms with Gasteiger partial charge in [0.1, 0.15) is 17.2 Å². The summed E-state index contributed by atoms with van der Waals surface area (Å²) in [7, 11) is 2.04. The molecule has 17 heavy (non-hydrogen) atoms. The highest BCUT2D eigenvalue weighted by molar-refractivity contribution is 7.98. The van der Waals surface area contributed by atoms with E-state index in [1.165, 1.54) is 0 Å². The lowest BCUT2D eigenvalue weighted by Crippen LogP contribution is -2.32. The highest BCUT2D eigenvalue weighted by Gasteiger charge is 2.10. The lowest BCUT2D eigenvalue weighted by atomic mass is 10.0. The van der Waals surface area contributed by atoms with Gasteiger partial charge in [-0.25, -0.2) is 9.97 Å². The minimum atomic E-state index is 0.249. The van der Waals surface area contributed by atoms with Crippen molar-refractivity contribution in [2.75, 3.05) is 24.7 Å². The molecule has 5 heteroatoms. The van der Waals surface area contributed by atoms with Crippen molar-refractivity contribution in [2.45, 2.75) is 31.3 Å². The van der Waals surface area contributed by atoms with Crippen molar-refractivity contribution < 1.29 is 0 Å². The number of thioether (sulfide) groups is 1. The fourth-order valence-electron chi connectivity index (χ4n) is 1.44. The Balaban J connectivity index is 2.54. The first-order valence-electron chi connectivity index (χ1n) is 5.87. The van der Waals surface area contributed by atoms with E-state index in [2.05, 4.69) is 28.7 Å². The van der Waals surface area contributed by atoms with Gasteiger partial charge in [-0.2, -0.15) is 0 Å². The van der Waals surface area contributed by atoms with E-state index in [1.54, 1.807) is 18.1 Å². The molecule has 2 N–H and O–H groups in total. The highest BCUT2D eigenvalue weighted by atomic mass is 32.2. The van der Waals surface area contributed by atoms with Gasteiger partial charge in [-0.3, -0.25) is 0 Å². The molecule has 0 bridgehead atoms. The quantitative estimate of drug-likeness (QED) is 0.621. The largest absolute Gasteiger partial charge is 0.359 e. The summed E-state index contributed by atoms with van der Waals surface area (Å²) in [4.78, 5) is 10.6. The molecule has 1 rings (SSSR count). The van der Waals surface area contributed by atoms with Gasteiger partial charge in [0.2, 0.25) is 0 Å². The molecule has 0 radical (unpaired) electrons. The summed E-state index contributed by atoms with van der Waals surface area (Å²) in [6, 6.07) is 2.25. The number of hydrogen-bond acceptors (Lipinski definition) is 5. The molecule has 0 aromatic carbocycles. The summed E-state index contributed by atoms with van der Waals surface area (Å²) < 4.78 is 0. The van der Waals surface area contributed by atoms with Gasteiger partial charge in [0, 0.05) is 25.7 Å². The van der Waals surface area contributed by atoms with Crippen LogP contribution in [-0.2, 0) is 0 Å². The van der Waals surface area contributed by atoms with Crippen LogP contribution in [0.4, 0.5) is 5.82 Å². The molecule has 4 nitrogen and oxygen atoms in total. The zero-order valence-electron chi connectivity index (χ0n) is 11.1. The molecule has 0 amide bonds. The first-order valence-corrected chi connectivity index (χ1v) is 7.09. The van der Waals surface area contributed by atoms with Crippen molar-refractivity contribution >= 4 is 17.6 Å². The van der Waals surface area contributed by atoms with E-state index in [0.29, 0.717) is 5.92 Å². The summed E-state index contributed by atoms with van der Waals surface area (Å²) in [6.07, 6.45) is 4.60. The third-order valence-electron chi connectivity index (χ3n) is 2.88. The van der Waals surface area contributed by atoms with E-state index < -0.39 is 0 Å². The fraction of sp³-hybridized carbons (Fsp3) is 0.667. The van der Waals surface area contributed by atoms with Crippen molar-refractivity contribution in [1.82, 2.24) is 9.97 Å². The Hall–Kier alpha value is -0.810. The molecule has 1 aromatic heterocycles. The Kier molecular flexibility index (Phi) is 5.71. The van der Waals surface area contributed by atoms with Gasteiger partial charge in [0.25, 0.3) is 0 Å². The van der Waals surface area contributed by atoms with E-state index in [0.717, 1.165) is 23.8 Å². The Morgan fingerprint density at radius 1 is 1.41 bits per heavy atom. The predicted molar refractivity (Wildman–Crippen MR) is 74.5 cm³/mol. The maximum atomic E-state index is 6.04. The summed E-state index contributed by atoms with van der Waals surface area (Å²) >= 11 is 1.63. The molecule has 0 aliphatic rings. The molecular weight excluding hydrogens is 232 g/mol. The molecule has 0 aliphatic heterocycles. The minimum Gasteiger partial charge on any atom is -0.359 e. The summed E-state index contributed by atoms with van der Waals surface area (Å²) in [5.74, 6) is 1.48. The van der Waals surface area contributed by atoms with Crippen LogP contribution in [0.5, 0.6) is 0 Å². The second kappa shape index (κ2) is 6.81. The minimum absolute atomic E-state index is 0.249. The van der Waals surface area contributed by atoms with Crippen molar-refractivity contribution in [3.8, 4) is 0 Å². The smallest absolute Gasteiger partial charge is 0.132 e. The van der Waals surface area contributed by atoms with Gasteiger partial charge in [0.15, 0.2) is 0 Å². The van der Waals surface area contributed by atoms with Crippen LogP contribution in [0.2, 0.25) is 0 Å². The lowest BCUT2D eigenvalue weighted by Gasteiger charge is -2.22. The number of rotatable bonds is 6. The van der Waals surface area contributed by atoms with Crippen LogP contribution in [0.15, 0.2) is 17.4 Å². The van der Waals surface area contributed by atoms with E-state index in [4.69, 9.17) is 5.73 Å². The van der Waals surface area contributed by atoms with Crippen LogP contribution >= 0.6 is 11.8 Å². The number of aromatic nitrogens is 2. The Labute approximate surface area is 108 Å². The summed E-state index contributed by atoms with van der Waals surface area (Å²) in [6.45, 7) is 5.23. The molecular formula is C12H22N4S. The lowest BCUT2D eigenvalue weighted by molar-refractivity contribution is 0.465. The molecule has 1 heterocycles. The van der Waals surface area contributed by atoms with E-state index >= 15 is 0 Å². The van der Waals surface area contributed by atoms with Crippen LogP contribution in [0.3, 0.4) is 0 Å². The van der Waals surface area contributed by atoms with Crippen molar-refractivity contribution in [3.05, 3.63) is 12.4 Å². The van der Waals surface area contributed by atoms with Crippen molar-refractivity contribution in [3.63, 3.8) is 0 Å². The predicted octanol–water partition coefficient (Wildman–Crippen LogP) is 2.01. The van der Waals surface area contributed by atoms with Gasteiger partial charge in [-0.15, -0.1) is 11.8 Å². The molecule has 0 fully saturated rings. The molecule has 0 spiro atoms. The molecule has 1 unspecified atom stereocenters. The van der Waals surface area contributed by atoms with Crippen LogP contribution in [0.25, 0.3) is 0 Å². The average Bonchev–Trinajstić information content (AvgIpc) is 2.35. The second-order valence-corrected chi connectivity index (χ2v) is 5.36. The maximum absolute atomic E-state index is 6.04. The highest BCUT2D eigenvalue weighted by Crippen LogP contribution is 2.16. The van der Waals surface area contributed by atoms with E-state index in [1.807, 2.05) is 19.4 Å². The SMILES string of the molecule is CSc1cc(N(C)CCC(N)C(C)C)ncn1. The normalized spacial score (nSPS) is 12.8. The van der Waals surface area contributed by atoms with E-state index in [-0.39, 0.29) is 6.04 Å². The average molecular weight is 254 g/mol. The van der Waals surface area contributed by atoms with Gasteiger partial charge >= 0.3 is 0 Å². The second-order valence-electron chi connectivity index (χ2n) is 4.54. The first-order chi connectivity index (χ1) is 8.04. The molecule has 1 aromatic rings. The standard InChI is InChI=1S/C12H22N4S/c1-9(2)10(13)5-6-16(3)11-7-12(17-4)15-8-14-11/h7-10H,5-6,13H2,1-4H3. The molecule has 0 aliphatic carbocycles. The van der Waals surface area contributed by atoms with Gasteiger partial charge in [-0.1, -0.05) is 13.8 Å². The van der Waals surface area contributed by atoms with Crippen LogP contribution < -0.4 is 10.6 Å². The summed E-state index contributed by atoms with van der Waals surface area (Å²) in [5.41, 5.74) is 6.04. The molecule has 1 atom stereocenters. The van der Waals surface area contributed by atoms with E-state index in [9.17, 15) is 0 Å². The topological polar surface area (TPSA) is 55.0 Å². The fourth-order valence-corrected chi connectivity index (χ4v) is 1.82. The third-order valence-corrected chi connectivity index (χ3v) is 3.52. The first kappa shape index (κ1) is 14.3.